The summed E-state index contributed by atoms with van der Waals surface area (Å²) in [7, 11) is 0. The molecule has 0 aliphatic rings. The third-order valence-electron chi connectivity index (χ3n) is 4.86. The van der Waals surface area contributed by atoms with Gasteiger partial charge >= 0.3 is 6.18 Å². The normalized spacial score (nSPS) is 13.1. The average Bonchev–Trinajstić information content (AvgIpc) is 3.06. The summed E-state index contributed by atoms with van der Waals surface area (Å²) in [6, 6.07) is 2.93. The summed E-state index contributed by atoms with van der Waals surface area (Å²) in [5, 5.41) is 9.19. The van der Waals surface area contributed by atoms with Crippen molar-refractivity contribution in [1.82, 2.24) is 20.4 Å². The lowest BCUT2D eigenvalue weighted by Gasteiger charge is -2.30. The molecule has 8 nitrogen and oxygen atoms in total. The van der Waals surface area contributed by atoms with Gasteiger partial charge in [0.25, 0.3) is 5.91 Å². The number of alkyl halides is 3. The summed E-state index contributed by atoms with van der Waals surface area (Å²) in [5.41, 5.74) is 4.10. The molecule has 1 aromatic carbocycles. The maximum absolute atomic E-state index is 14.5. The van der Waals surface area contributed by atoms with Gasteiger partial charge in [0, 0.05) is 18.4 Å². The number of aryl methyl sites for hydroxylation is 1. The Hall–Kier alpha value is -3.18. The highest BCUT2D eigenvalue weighted by molar-refractivity contribution is 6.06. The van der Waals surface area contributed by atoms with Crippen molar-refractivity contribution < 1.29 is 31.9 Å². The van der Waals surface area contributed by atoms with Crippen LogP contribution in [0, 0.1) is 11.2 Å². The summed E-state index contributed by atoms with van der Waals surface area (Å²) in [4.78, 5) is 36.5. The van der Waals surface area contributed by atoms with Gasteiger partial charge in [-0.2, -0.15) is 18.3 Å². The van der Waals surface area contributed by atoms with Crippen LogP contribution in [0.2, 0.25) is 0 Å². The molecule has 33 heavy (non-hydrogen) atoms. The lowest BCUT2D eigenvalue weighted by Crippen LogP contribution is -2.54. The van der Waals surface area contributed by atoms with Crippen LogP contribution < -0.4 is 16.4 Å². The van der Waals surface area contributed by atoms with Crippen molar-refractivity contribution in [3.63, 3.8) is 0 Å². The predicted octanol–water partition coefficient (Wildman–Crippen LogP) is 2.65. The zero-order valence-electron chi connectivity index (χ0n) is 18.6. The fraction of sp³-hybridized carbons (Fsp3) is 0.524. The van der Waals surface area contributed by atoms with Gasteiger partial charge in [0.1, 0.15) is 17.4 Å². The van der Waals surface area contributed by atoms with Crippen molar-refractivity contribution in [1.29, 1.82) is 0 Å². The molecule has 1 heterocycles. The van der Waals surface area contributed by atoms with Gasteiger partial charge in [-0.15, -0.1) is 0 Å². The highest BCUT2D eigenvalue weighted by Crippen LogP contribution is 2.26. The van der Waals surface area contributed by atoms with E-state index in [2.05, 4.69) is 15.7 Å². The van der Waals surface area contributed by atoms with E-state index in [-0.39, 0.29) is 36.0 Å². The molecular weight excluding hydrogens is 446 g/mol. The van der Waals surface area contributed by atoms with Gasteiger partial charge in [0.15, 0.2) is 5.69 Å². The number of aromatic nitrogens is 2. The van der Waals surface area contributed by atoms with Crippen LogP contribution >= 0.6 is 0 Å². The van der Waals surface area contributed by atoms with Gasteiger partial charge in [-0.05, 0) is 24.3 Å². The lowest BCUT2D eigenvalue weighted by atomic mass is 9.86. The Labute approximate surface area is 187 Å². The Bertz CT molecular complexity index is 1030. The van der Waals surface area contributed by atoms with Crippen molar-refractivity contribution in [2.75, 3.05) is 6.54 Å². The Morgan fingerprint density at radius 1 is 1.15 bits per heavy atom. The Morgan fingerprint density at radius 3 is 2.39 bits per heavy atom. The van der Waals surface area contributed by atoms with Crippen LogP contribution in [0.15, 0.2) is 18.2 Å². The first kappa shape index (κ1) is 26.1. The van der Waals surface area contributed by atoms with Gasteiger partial charge in [-0.25, -0.2) is 4.39 Å². The molecule has 0 unspecified atom stereocenters. The Morgan fingerprint density at radius 2 is 1.82 bits per heavy atom. The zero-order valence-corrected chi connectivity index (χ0v) is 18.6. The van der Waals surface area contributed by atoms with Crippen molar-refractivity contribution in [2.24, 2.45) is 11.1 Å². The molecule has 4 N–H and O–H groups in total. The molecule has 2 aromatic rings. The molecule has 3 amide bonds. The van der Waals surface area contributed by atoms with E-state index in [1.54, 1.807) is 20.8 Å². The molecule has 2 rings (SSSR count). The van der Waals surface area contributed by atoms with Crippen LogP contribution in [-0.2, 0) is 16.1 Å². The topological polar surface area (TPSA) is 119 Å². The Balaban J connectivity index is 2.29. The highest BCUT2D eigenvalue weighted by atomic mass is 19.4. The summed E-state index contributed by atoms with van der Waals surface area (Å²) < 4.78 is 52.9. The predicted molar refractivity (Wildman–Crippen MR) is 113 cm³/mol. The van der Waals surface area contributed by atoms with E-state index in [0.717, 1.165) is 10.7 Å². The molecule has 0 aliphatic heterocycles. The second kappa shape index (κ2) is 10.2. The molecule has 0 aliphatic carbocycles. The van der Waals surface area contributed by atoms with Crippen molar-refractivity contribution in [2.45, 2.75) is 58.8 Å². The molecule has 1 aromatic heterocycles. The summed E-state index contributed by atoms with van der Waals surface area (Å²) in [6.45, 7) is 4.64. The number of halogens is 4. The van der Waals surface area contributed by atoms with Gasteiger partial charge in [-0.1, -0.05) is 32.9 Å². The summed E-state index contributed by atoms with van der Waals surface area (Å²) >= 11 is 0. The number of nitrogens with zero attached hydrogens (tertiary/aromatic N) is 2. The second-order valence-electron chi connectivity index (χ2n) is 8.74. The fourth-order valence-electron chi connectivity index (χ4n) is 3.26. The quantitative estimate of drug-likeness (QED) is 0.383. The first-order valence-corrected chi connectivity index (χ1v) is 10.3. The molecule has 0 spiro atoms. The highest BCUT2D eigenvalue weighted by Gasteiger charge is 2.34. The second-order valence-corrected chi connectivity index (χ2v) is 8.74. The fourth-order valence-corrected chi connectivity index (χ4v) is 3.26. The minimum Gasteiger partial charge on any atom is -0.368 e. The van der Waals surface area contributed by atoms with E-state index < -0.39 is 54.1 Å². The Kier molecular flexibility index (Phi) is 8.04. The third-order valence-corrected chi connectivity index (χ3v) is 4.86. The molecule has 0 bridgehead atoms. The number of carbonyl (C=O) groups is 3. The molecular formula is C21H27F4N5O3. The smallest absolute Gasteiger partial charge is 0.368 e. The number of para-hydroxylation sites is 1. The lowest BCUT2D eigenvalue weighted by molar-refractivity contribution is -0.135. The molecule has 0 fully saturated rings. The number of carbonyl (C=O) groups excluding carboxylic acids is 3. The van der Waals surface area contributed by atoms with E-state index in [1.807, 2.05) is 0 Å². The van der Waals surface area contributed by atoms with E-state index >= 15 is 0 Å². The van der Waals surface area contributed by atoms with Crippen molar-refractivity contribution >= 4 is 28.6 Å². The number of hydrogen-bond acceptors (Lipinski definition) is 4. The maximum Gasteiger partial charge on any atom is 0.389 e. The number of fused-ring (bicyclic) bond motifs is 1. The molecule has 1 atom stereocenters. The molecule has 0 radical (unpaired) electrons. The standard InChI is InChI=1S/C21H27F4N5O3/c1-20(2,3)17(19(33)27-11-14(26)31)28-18(32)15-12-7-6-8-13(22)16(12)30(29-15)10-5-4-9-21(23,24)25/h6-8,17H,4-5,9-11H2,1-3H3,(H2,26,31)(H,27,33)(H,28,32)/t17-/m1/s1. The van der Waals surface area contributed by atoms with Gasteiger partial charge in [0.05, 0.1) is 6.54 Å². The third kappa shape index (κ3) is 7.16. The number of benzene rings is 1. The van der Waals surface area contributed by atoms with Gasteiger partial charge in [-0.3, -0.25) is 19.1 Å². The van der Waals surface area contributed by atoms with E-state index in [4.69, 9.17) is 5.73 Å². The first-order valence-electron chi connectivity index (χ1n) is 10.3. The van der Waals surface area contributed by atoms with E-state index in [0.29, 0.717) is 0 Å². The number of rotatable bonds is 9. The van der Waals surface area contributed by atoms with E-state index in [9.17, 15) is 31.9 Å². The monoisotopic (exact) mass is 473 g/mol. The minimum atomic E-state index is -4.29. The van der Waals surface area contributed by atoms with Crippen LogP contribution in [-0.4, -0.2) is 46.3 Å². The summed E-state index contributed by atoms with van der Waals surface area (Å²) in [6.07, 6.45) is -5.37. The van der Waals surface area contributed by atoms with Crippen LogP contribution in [0.1, 0.15) is 50.5 Å². The summed E-state index contributed by atoms with van der Waals surface area (Å²) in [5.74, 6) is -2.85. The van der Waals surface area contributed by atoms with Crippen LogP contribution in [0.3, 0.4) is 0 Å². The van der Waals surface area contributed by atoms with Gasteiger partial charge < -0.3 is 16.4 Å². The van der Waals surface area contributed by atoms with Crippen molar-refractivity contribution in [3.05, 3.63) is 29.7 Å². The van der Waals surface area contributed by atoms with Gasteiger partial charge in [0.2, 0.25) is 11.8 Å². The molecule has 0 saturated carbocycles. The van der Waals surface area contributed by atoms with Crippen molar-refractivity contribution in [3.8, 4) is 0 Å². The first-order chi connectivity index (χ1) is 15.2. The number of amides is 3. The van der Waals surface area contributed by atoms with Crippen LogP contribution in [0.4, 0.5) is 17.6 Å². The molecule has 12 heteroatoms. The average molecular weight is 473 g/mol. The minimum absolute atomic E-state index is 0.0138. The number of primary amides is 1. The van der Waals surface area contributed by atoms with Crippen LogP contribution in [0.25, 0.3) is 10.9 Å². The number of hydrogen-bond donors (Lipinski definition) is 3. The zero-order chi connectivity index (χ0) is 25.0. The largest absolute Gasteiger partial charge is 0.389 e. The molecule has 182 valence electrons. The van der Waals surface area contributed by atoms with E-state index in [1.165, 1.54) is 12.1 Å². The van der Waals surface area contributed by atoms with Crippen LogP contribution in [0.5, 0.6) is 0 Å². The number of unbranched alkanes of at least 4 members (excludes halogenated alkanes) is 1. The molecule has 0 saturated heterocycles. The maximum atomic E-state index is 14.5. The number of nitrogens with one attached hydrogen (secondary N) is 2. The number of nitrogens with two attached hydrogens (primary N) is 1. The SMILES string of the molecule is CC(C)(C)[C@H](NC(=O)c1nn(CCCCC(F)(F)F)c2c(F)cccc12)C(=O)NCC(N)=O.